The maximum absolute atomic E-state index is 5.14. The Morgan fingerprint density at radius 1 is 1.59 bits per heavy atom. The number of ether oxygens (including phenoxy) is 1. The van der Waals surface area contributed by atoms with Gasteiger partial charge in [-0.3, -0.25) is 0 Å². The van der Waals surface area contributed by atoms with Crippen LogP contribution in [0.1, 0.15) is 38.4 Å². The van der Waals surface area contributed by atoms with Crippen molar-refractivity contribution in [2.75, 3.05) is 19.0 Å². The minimum Gasteiger partial charge on any atom is -0.383 e. The Morgan fingerprint density at radius 2 is 2.29 bits per heavy atom. The molecule has 0 amide bonds. The minimum absolute atomic E-state index is 0.290. The Morgan fingerprint density at radius 3 is 2.88 bits per heavy atom. The molecule has 1 N–H and O–H groups in total. The predicted octanol–water partition coefficient (Wildman–Crippen LogP) is 2.61. The topological polar surface area (TPSA) is 39.1 Å². The molecule has 0 radical (unpaired) electrons. The van der Waals surface area contributed by atoms with Gasteiger partial charge in [0.1, 0.15) is 0 Å². The van der Waals surface area contributed by atoms with Crippen LogP contribution in [0.4, 0.5) is 5.95 Å². The summed E-state index contributed by atoms with van der Waals surface area (Å²) in [6.07, 6.45) is 4.69. The maximum Gasteiger partial charge on any atom is 0.203 e. The van der Waals surface area contributed by atoms with E-state index in [0.717, 1.165) is 17.6 Å². The van der Waals surface area contributed by atoms with Gasteiger partial charge in [-0.2, -0.15) is 0 Å². The summed E-state index contributed by atoms with van der Waals surface area (Å²) in [4.78, 5) is 4.56. The molecule has 0 bridgehead atoms. The van der Waals surface area contributed by atoms with E-state index in [9.17, 15) is 0 Å². The number of hydrogen-bond acceptors (Lipinski definition) is 3. The summed E-state index contributed by atoms with van der Waals surface area (Å²) in [5.74, 6) is 1.84. The fraction of sp³-hybridized carbons (Fsp3) is 0.769. The molecule has 1 heterocycles. The van der Waals surface area contributed by atoms with E-state index in [4.69, 9.17) is 4.74 Å². The van der Waals surface area contributed by atoms with Crippen LogP contribution in [-0.4, -0.2) is 29.3 Å². The lowest BCUT2D eigenvalue weighted by molar-refractivity contribution is 0.188. The third kappa shape index (κ3) is 2.80. The molecule has 1 aromatic rings. The van der Waals surface area contributed by atoms with Crippen molar-refractivity contribution in [3.63, 3.8) is 0 Å². The summed E-state index contributed by atoms with van der Waals surface area (Å²) in [5.41, 5.74) is 1.08. The van der Waals surface area contributed by atoms with E-state index in [1.54, 1.807) is 7.11 Å². The van der Waals surface area contributed by atoms with Crippen LogP contribution in [0.25, 0.3) is 0 Å². The Hall–Kier alpha value is -1.03. The van der Waals surface area contributed by atoms with Gasteiger partial charge in [0, 0.05) is 25.4 Å². The molecule has 1 aliphatic rings. The summed E-state index contributed by atoms with van der Waals surface area (Å²) in [5, 5.41) is 3.42. The van der Waals surface area contributed by atoms with E-state index < -0.39 is 0 Å². The molecule has 0 aromatic carbocycles. The maximum atomic E-state index is 5.14. The molecule has 17 heavy (non-hydrogen) atoms. The van der Waals surface area contributed by atoms with E-state index in [1.807, 2.05) is 6.92 Å². The first kappa shape index (κ1) is 12.4. The van der Waals surface area contributed by atoms with Crippen molar-refractivity contribution >= 4 is 5.95 Å². The fourth-order valence-electron chi connectivity index (χ4n) is 2.50. The van der Waals surface area contributed by atoms with Crippen LogP contribution < -0.4 is 5.32 Å². The number of nitrogens with zero attached hydrogens (tertiary/aromatic N) is 2. The molecule has 0 spiro atoms. The molecule has 2 rings (SSSR count). The van der Waals surface area contributed by atoms with Crippen LogP contribution >= 0.6 is 0 Å². The first-order chi connectivity index (χ1) is 8.10. The molecule has 0 aliphatic heterocycles. The van der Waals surface area contributed by atoms with Gasteiger partial charge in [0.05, 0.1) is 12.3 Å². The van der Waals surface area contributed by atoms with Crippen LogP contribution in [0, 0.1) is 12.8 Å². The van der Waals surface area contributed by atoms with E-state index in [1.165, 1.54) is 12.8 Å². The average Bonchev–Trinajstić information content (AvgIpc) is 2.55. The summed E-state index contributed by atoms with van der Waals surface area (Å²) in [6.45, 7) is 7.17. The van der Waals surface area contributed by atoms with Crippen LogP contribution in [0.15, 0.2) is 6.20 Å². The number of imidazole rings is 1. The zero-order chi connectivity index (χ0) is 12.4. The molecule has 1 saturated carbocycles. The molecular weight excluding hydrogens is 214 g/mol. The third-order valence-electron chi connectivity index (χ3n) is 3.39. The normalized spacial score (nSPS) is 25.4. The summed E-state index contributed by atoms with van der Waals surface area (Å²) in [7, 11) is 1.73. The molecule has 1 atom stereocenters. The third-order valence-corrected chi connectivity index (χ3v) is 3.39. The van der Waals surface area contributed by atoms with E-state index in [-0.39, 0.29) is 6.04 Å². The monoisotopic (exact) mass is 237 g/mol. The standard InChI is InChI=1S/C13H23N3O/c1-9-5-12(6-9)16-7-10(2)14-13(16)15-11(3)8-17-4/h7,9,11-12H,5-6,8H2,1-4H3,(H,14,15). The number of methoxy groups -OCH3 is 1. The van der Waals surface area contributed by atoms with Gasteiger partial charge in [0.15, 0.2) is 0 Å². The van der Waals surface area contributed by atoms with Gasteiger partial charge >= 0.3 is 0 Å². The number of nitrogens with one attached hydrogen (secondary N) is 1. The zero-order valence-corrected chi connectivity index (χ0v) is 11.2. The van der Waals surface area contributed by atoms with Crippen molar-refractivity contribution in [2.24, 2.45) is 5.92 Å². The van der Waals surface area contributed by atoms with E-state index >= 15 is 0 Å². The zero-order valence-electron chi connectivity index (χ0n) is 11.2. The summed E-state index contributed by atoms with van der Waals surface area (Å²) < 4.78 is 7.43. The number of aryl methyl sites for hydroxylation is 1. The second kappa shape index (κ2) is 5.08. The highest BCUT2D eigenvalue weighted by molar-refractivity contribution is 5.31. The lowest BCUT2D eigenvalue weighted by atomic mass is 9.82. The predicted molar refractivity (Wildman–Crippen MR) is 69.4 cm³/mol. The number of anilines is 1. The lowest BCUT2D eigenvalue weighted by Crippen LogP contribution is -2.28. The highest BCUT2D eigenvalue weighted by atomic mass is 16.5. The highest BCUT2D eigenvalue weighted by Gasteiger charge is 2.28. The largest absolute Gasteiger partial charge is 0.383 e. The number of hydrogen-bond donors (Lipinski definition) is 1. The van der Waals surface area contributed by atoms with Crippen LogP contribution in [-0.2, 0) is 4.74 Å². The Labute approximate surface area is 103 Å². The van der Waals surface area contributed by atoms with Crippen LogP contribution in [0.5, 0.6) is 0 Å². The molecule has 0 saturated heterocycles. The van der Waals surface area contributed by atoms with Gasteiger partial charge in [-0.25, -0.2) is 4.98 Å². The van der Waals surface area contributed by atoms with Crippen LogP contribution in [0.2, 0.25) is 0 Å². The fourth-order valence-corrected chi connectivity index (χ4v) is 2.50. The molecule has 4 heteroatoms. The second-order valence-electron chi connectivity index (χ2n) is 5.34. The van der Waals surface area contributed by atoms with Crippen molar-refractivity contribution in [1.29, 1.82) is 0 Å². The first-order valence-corrected chi connectivity index (χ1v) is 6.41. The van der Waals surface area contributed by atoms with Gasteiger partial charge < -0.3 is 14.6 Å². The van der Waals surface area contributed by atoms with Crippen molar-refractivity contribution in [3.8, 4) is 0 Å². The molecule has 1 aromatic heterocycles. The van der Waals surface area contributed by atoms with Gasteiger partial charge in [-0.1, -0.05) is 6.92 Å². The van der Waals surface area contributed by atoms with Gasteiger partial charge in [0.2, 0.25) is 5.95 Å². The minimum atomic E-state index is 0.290. The van der Waals surface area contributed by atoms with E-state index in [0.29, 0.717) is 12.6 Å². The van der Waals surface area contributed by atoms with Crippen molar-refractivity contribution in [1.82, 2.24) is 9.55 Å². The molecule has 1 fully saturated rings. The molecule has 1 aliphatic carbocycles. The highest BCUT2D eigenvalue weighted by Crippen LogP contribution is 2.39. The molecular formula is C13H23N3O. The second-order valence-corrected chi connectivity index (χ2v) is 5.34. The van der Waals surface area contributed by atoms with E-state index in [2.05, 4.69) is 34.9 Å². The number of rotatable bonds is 5. The average molecular weight is 237 g/mol. The van der Waals surface area contributed by atoms with Crippen LogP contribution in [0.3, 0.4) is 0 Å². The molecule has 96 valence electrons. The summed E-state index contributed by atoms with van der Waals surface area (Å²) >= 11 is 0. The smallest absolute Gasteiger partial charge is 0.203 e. The van der Waals surface area contributed by atoms with Gasteiger partial charge in [-0.15, -0.1) is 0 Å². The molecule has 4 nitrogen and oxygen atoms in total. The van der Waals surface area contributed by atoms with Crippen molar-refractivity contribution < 1.29 is 4.74 Å². The lowest BCUT2D eigenvalue weighted by Gasteiger charge is -2.34. The number of aromatic nitrogens is 2. The van der Waals surface area contributed by atoms with Crippen molar-refractivity contribution in [2.45, 2.75) is 45.7 Å². The SMILES string of the molecule is COCC(C)Nc1nc(C)cn1C1CC(C)C1. The van der Waals surface area contributed by atoms with Crippen molar-refractivity contribution in [3.05, 3.63) is 11.9 Å². The van der Waals surface area contributed by atoms with Gasteiger partial charge in [-0.05, 0) is 32.6 Å². The van der Waals surface area contributed by atoms with Gasteiger partial charge in [0.25, 0.3) is 0 Å². The molecule has 1 unspecified atom stereocenters. The Kier molecular flexibility index (Phi) is 3.72. The first-order valence-electron chi connectivity index (χ1n) is 6.41. The Balaban J connectivity index is 2.05. The summed E-state index contributed by atoms with van der Waals surface area (Å²) in [6, 6.07) is 0.918. The quantitative estimate of drug-likeness (QED) is 0.855. The Bertz CT molecular complexity index is 369.